The lowest BCUT2D eigenvalue weighted by molar-refractivity contribution is -0.133. The van der Waals surface area contributed by atoms with E-state index in [2.05, 4.69) is 27.8 Å². The van der Waals surface area contributed by atoms with Gasteiger partial charge in [0, 0.05) is 30.5 Å². The molecule has 7 heteroatoms. The summed E-state index contributed by atoms with van der Waals surface area (Å²) in [7, 11) is 0. The molecule has 0 radical (unpaired) electrons. The lowest BCUT2D eigenvalue weighted by Gasteiger charge is -2.32. The van der Waals surface area contributed by atoms with Crippen LogP contribution in [0.2, 0.25) is 0 Å². The SMILES string of the molecule is Cc1nc([C@@H]2CCCN2C(=O)CN2CCCC2)nc2c1CCCN2Cc1ccccn1. The molecule has 3 aliphatic rings. The fraction of sp³-hybridized carbons (Fsp3) is 0.583. The summed E-state index contributed by atoms with van der Waals surface area (Å²) in [5.41, 5.74) is 3.36. The van der Waals surface area contributed by atoms with Crippen LogP contribution in [-0.2, 0) is 17.8 Å². The predicted octanol–water partition coefficient (Wildman–Crippen LogP) is 2.89. The Labute approximate surface area is 184 Å². The first-order chi connectivity index (χ1) is 15.2. The number of fused-ring (bicyclic) bond motifs is 1. The molecular formula is C24H32N6O. The fourth-order valence-electron chi connectivity index (χ4n) is 5.26. The molecule has 2 fully saturated rings. The van der Waals surface area contributed by atoms with Crippen LogP contribution >= 0.6 is 0 Å². The first kappa shape index (κ1) is 20.4. The van der Waals surface area contributed by atoms with Crippen molar-refractivity contribution in [3.8, 4) is 0 Å². The third kappa shape index (κ3) is 4.28. The average Bonchev–Trinajstić information content (AvgIpc) is 3.47. The van der Waals surface area contributed by atoms with Gasteiger partial charge in [0.05, 0.1) is 24.8 Å². The Balaban J connectivity index is 1.40. The van der Waals surface area contributed by atoms with Crippen LogP contribution in [-0.4, -0.2) is 63.4 Å². The summed E-state index contributed by atoms with van der Waals surface area (Å²) in [4.78, 5) is 34.2. The molecule has 1 atom stereocenters. The molecule has 2 aromatic heterocycles. The summed E-state index contributed by atoms with van der Waals surface area (Å²) in [6.07, 6.45) is 8.35. The molecule has 5 rings (SSSR count). The first-order valence-electron chi connectivity index (χ1n) is 11.7. The number of hydrogen-bond acceptors (Lipinski definition) is 6. The van der Waals surface area contributed by atoms with E-state index < -0.39 is 0 Å². The number of hydrogen-bond donors (Lipinski definition) is 0. The third-order valence-electron chi connectivity index (χ3n) is 6.87. The Morgan fingerprint density at radius 2 is 1.94 bits per heavy atom. The Bertz CT molecular complexity index is 927. The van der Waals surface area contributed by atoms with Crippen LogP contribution in [0.3, 0.4) is 0 Å². The van der Waals surface area contributed by atoms with Crippen LogP contribution in [0.5, 0.6) is 0 Å². The van der Waals surface area contributed by atoms with E-state index in [0.717, 1.165) is 81.4 Å². The molecule has 2 aromatic rings. The van der Waals surface area contributed by atoms with Gasteiger partial charge in [-0.1, -0.05) is 6.07 Å². The normalized spacial score (nSPS) is 21.5. The molecule has 2 saturated heterocycles. The summed E-state index contributed by atoms with van der Waals surface area (Å²) in [6.45, 7) is 7.26. The minimum atomic E-state index is -0.00210. The van der Waals surface area contributed by atoms with Crippen molar-refractivity contribution in [2.24, 2.45) is 0 Å². The quantitative estimate of drug-likeness (QED) is 0.741. The number of aryl methyl sites for hydroxylation is 1. The number of rotatable bonds is 5. The molecule has 0 spiro atoms. The zero-order chi connectivity index (χ0) is 21.2. The predicted molar refractivity (Wildman–Crippen MR) is 120 cm³/mol. The maximum Gasteiger partial charge on any atom is 0.237 e. The lowest BCUT2D eigenvalue weighted by Crippen LogP contribution is -2.39. The van der Waals surface area contributed by atoms with Crippen LogP contribution < -0.4 is 4.90 Å². The summed E-state index contributed by atoms with van der Waals surface area (Å²) >= 11 is 0. The number of aromatic nitrogens is 3. The summed E-state index contributed by atoms with van der Waals surface area (Å²) < 4.78 is 0. The zero-order valence-electron chi connectivity index (χ0n) is 18.5. The van der Waals surface area contributed by atoms with Gasteiger partial charge in [0.15, 0.2) is 5.82 Å². The average molecular weight is 421 g/mol. The van der Waals surface area contributed by atoms with Crippen molar-refractivity contribution in [2.45, 2.75) is 58.0 Å². The molecule has 0 unspecified atom stereocenters. The van der Waals surface area contributed by atoms with Crippen LogP contribution in [0.4, 0.5) is 5.82 Å². The van der Waals surface area contributed by atoms with Crippen molar-refractivity contribution in [3.63, 3.8) is 0 Å². The highest BCUT2D eigenvalue weighted by atomic mass is 16.2. The standard InChI is InChI=1S/C24H32N6O/c1-18-20-9-6-14-29(16-19-8-2-3-11-25-19)24(20)27-23(26-18)21-10-7-15-30(21)22(31)17-28-12-4-5-13-28/h2-3,8,11,21H,4-7,9-10,12-17H2,1H3/t21-/m0/s1. The maximum absolute atomic E-state index is 13.1. The largest absolute Gasteiger partial charge is 0.350 e. The Hall–Kier alpha value is -2.54. The summed E-state index contributed by atoms with van der Waals surface area (Å²) in [5.74, 6) is 2.09. The topological polar surface area (TPSA) is 65.5 Å². The summed E-state index contributed by atoms with van der Waals surface area (Å²) in [6, 6.07) is 6.05. The summed E-state index contributed by atoms with van der Waals surface area (Å²) in [5, 5.41) is 0. The second-order valence-corrected chi connectivity index (χ2v) is 9.04. The van der Waals surface area contributed by atoms with Gasteiger partial charge in [-0.15, -0.1) is 0 Å². The third-order valence-corrected chi connectivity index (χ3v) is 6.87. The van der Waals surface area contributed by atoms with E-state index in [0.29, 0.717) is 6.54 Å². The van der Waals surface area contributed by atoms with E-state index in [1.165, 1.54) is 18.4 Å². The number of carbonyl (C=O) groups is 1. The number of anilines is 1. The molecule has 0 saturated carbocycles. The molecule has 7 nitrogen and oxygen atoms in total. The Kier molecular flexibility index (Phi) is 5.85. The Morgan fingerprint density at radius 1 is 1.06 bits per heavy atom. The number of likely N-dealkylation sites (tertiary alicyclic amines) is 2. The van der Waals surface area contributed by atoms with Crippen molar-refractivity contribution in [1.82, 2.24) is 24.8 Å². The molecule has 31 heavy (non-hydrogen) atoms. The number of carbonyl (C=O) groups excluding carboxylic acids is 1. The van der Waals surface area contributed by atoms with Gasteiger partial charge in [0.25, 0.3) is 0 Å². The highest BCUT2D eigenvalue weighted by Crippen LogP contribution is 2.34. The lowest BCUT2D eigenvalue weighted by atomic mass is 10.0. The number of amides is 1. The molecule has 0 N–H and O–H groups in total. The molecule has 5 heterocycles. The van der Waals surface area contributed by atoms with E-state index in [1.54, 1.807) is 0 Å². The zero-order valence-corrected chi connectivity index (χ0v) is 18.5. The van der Waals surface area contributed by atoms with E-state index in [1.807, 2.05) is 23.2 Å². The fourth-order valence-corrected chi connectivity index (χ4v) is 5.26. The second kappa shape index (κ2) is 8.91. The van der Waals surface area contributed by atoms with Gasteiger partial charge in [-0.3, -0.25) is 14.7 Å². The van der Waals surface area contributed by atoms with E-state index >= 15 is 0 Å². The van der Waals surface area contributed by atoms with Crippen molar-refractivity contribution in [3.05, 3.63) is 47.2 Å². The minimum absolute atomic E-state index is 0.00210. The molecule has 0 aromatic carbocycles. The number of pyridine rings is 1. The highest BCUT2D eigenvalue weighted by Gasteiger charge is 2.34. The minimum Gasteiger partial charge on any atom is -0.350 e. The van der Waals surface area contributed by atoms with Crippen molar-refractivity contribution >= 4 is 11.7 Å². The number of nitrogens with zero attached hydrogens (tertiary/aromatic N) is 6. The van der Waals surface area contributed by atoms with E-state index in [-0.39, 0.29) is 11.9 Å². The monoisotopic (exact) mass is 420 g/mol. The highest BCUT2D eigenvalue weighted by molar-refractivity contribution is 5.79. The van der Waals surface area contributed by atoms with Gasteiger partial charge in [0.2, 0.25) is 5.91 Å². The van der Waals surface area contributed by atoms with Gasteiger partial charge >= 0.3 is 0 Å². The van der Waals surface area contributed by atoms with Crippen LogP contribution in [0.15, 0.2) is 24.4 Å². The molecule has 164 valence electrons. The van der Waals surface area contributed by atoms with Gasteiger partial charge in [-0.25, -0.2) is 9.97 Å². The Morgan fingerprint density at radius 3 is 2.74 bits per heavy atom. The maximum atomic E-state index is 13.1. The van der Waals surface area contributed by atoms with Gasteiger partial charge < -0.3 is 9.80 Å². The molecule has 0 bridgehead atoms. The van der Waals surface area contributed by atoms with Crippen LogP contribution in [0.1, 0.15) is 60.9 Å². The molecule has 3 aliphatic heterocycles. The van der Waals surface area contributed by atoms with Crippen molar-refractivity contribution in [2.75, 3.05) is 37.6 Å². The van der Waals surface area contributed by atoms with Crippen LogP contribution in [0.25, 0.3) is 0 Å². The molecular weight excluding hydrogens is 388 g/mol. The van der Waals surface area contributed by atoms with Gasteiger partial charge in [0.1, 0.15) is 5.82 Å². The first-order valence-corrected chi connectivity index (χ1v) is 11.7. The van der Waals surface area contributed by atoms with Crippen LogP contribution in [0, 0.1) is 6.92 Å². The smallest absolute Gasteiger partial charge is 0.237 e. The van der Waals surface area contributed by atoms with Gasteiger partial charge in [-0.05, 0) is 70.7 Å². The molecule has 1 amide bonds. The van der Waals surface area contributed by atoms with Crippen molar-refractivity contribution in [1.29, 1.82) is 0 Å². The second-order valence-electron chi connectivity index (χ2n) is 9.04. The van der Waals surface area contributed by atoms with Gasteiger partial charge in [-0.2, -0.15) is 0 Å². The van der Waals surface area contributed by atoms with Crippen molar-refractivity contribution < 1.29 is 4.79 Å². The molecule has 0 aliphatic carbocycles. The van der Waals surface area contributed by atoms with E-state index in [4.69, 9.17) is 9.97 Å². The van der Waals surface area contributed by atoms with E-state index in [9.17, 15) is 4.79 Å².